The second-order valence-corrected chi connectivity index (χ2v) is 5.12. The number of nitrogens with one attached hydrogen (secondary N) is 1. The fourth-order valence-corrected chi connectivity index (χ4v) is 2.06. The van der Waals surface area contributed by atoms with Crippen LogP contribution >= 0.6 is 11.6 Å². The van der Waals surface area contributed by atoms with Crippen molar-refractivity contribution >= 4 is 17.5 Å². The smallest absolute Gasteiger partial charge is 0.255 e. The van der Waals surface area contributed by atoms with Gasteiger partial charge in [0.05, 0.1) is 5.56 Å². The van der Waals surface area contributed by atoms with Gasteiger partial charge >= 0.3 is 0 Å². The van der Waals surface area contributed by atoms with Crippen LogP contribution in [0, 0.1) is 0 Å². The molecular weight excluding hydrogens is 262 g/mol. The van der Waals surface area contributed by atoms with Crippen molar-refractivity contribution in [2.24, 2.45) is 0 Å². The van der Waals surface area contributed by atoms with E-state index in [0.29, 0.717) is 11.6 Å². The van der Waals surface area contributed by atoms with Crippen molar-refractivity contribution in [1.29, 1.82) is 0 Å². The number of unbranched alkanes of at least 4 members (excludes halogenated alkanes) is 5. The van der Waals surface area contributed by atoms with E-state index in [1.807, 2.05) is 0 Å². The lowest BCUT2D eigenvalue weighted by Crippen LogP contribution is -2.24. The summed E-state index contributed by atoms with van der Waals surface area (Å²) in [6.07, 6.45) is 7.10. The van der Waals surface area contributed by atoms with E-state index in [1.165, 1.54) is 37.8 Å². The van der Waals surface area contributed by atoms with Crippen molar-refractivity contribution in [3.8, 4) is 5.75 Å². The summed E-state index contributed by atoms with van der Waals surface area (Å²) in [5.74, 6) is -0.307. The standard InChI is InChI=1S/C15H22ClNO2/c1-2-3-4-5-6-7-10-17-15(19)13-11-12(16)8-9-14(13)18/h8-9,11,18H,2-7,10H2,1H3,(H,17,19). The molecule has 0 heterocycles. The van der Waals surface area contributed by atoms with Crippen LogP contribution < -0.4 is 5.32 Å². The lowest BCUT2D eigenvalue weighted by molar-refractivity contribution is 0.0950. The van der Waals surface area contributed by atoms with Gasteiger partial charge in [0.1, 0.15) is 5.75 Å². The summed E-state index contributed by atoms with van der Waals surface area (Å²) < 4.78 is 0. The van der Waals surface area contributed by atoms with E-state index < -0.39 is 0 Å². The largest absolute Gasteiger partial charge is 0.507 e. The van der Waals surface area contributed by atoms with Gasteiger partial charge in [-0.3, -0.25) is 4.79 Å². The maximum Gasteiger partial charge on any atom is 0.255 e. The number of benzene rings is 1. The number of amides is 1. The molecule has 0 spiro atoms. The van der Waals surface area contributed by atoms with Crippen LogP contribution in [0.2, 0.25) is 5.02 Å². The Morgan fingerprint density at radius 2 is 1.89 bits per heavy atom. The minimum atomic E-state index is -0.270. The van der Waals surface area contributed by atoms with Crippen molar-refractivity contribution in [1.82, 2.24) is 5.32 Å². The lowest BCUT2D eigenvalue weighted by atomic mass is 10.1. The van der Waals surface area contributed by atoms with Crippen molar-refractivity contribution in [3.05, 3.63) is 28.8 Å². The first-order valence-corrected chi connectivity index (χ1v) is 7.29. The Kier molecular flexibility index (Phi) is 7.34. The summed E-state index contributed by atoms with van der Waals surface area (Å²) in [4.78, 5) is 11.8. The average Bonchev–Trinajstić information content (AvgIpc) is 2.40. The molecule has 0 radical (unpaired) electrons. The Morgan fingerprint density at radius 1 is 1.21 bits per heavy atom. The quantitative estimate of drug-likeness (QED) is 0.705. The van der Waals surface area contributed by atoms with Crippen molar-refractivity contribution in [2.45, 2.75) is 45.4 Å². The Morgan fingerprint density at radius 3 is 2.63 bits per heavy atom. The number of aromatic hydroxyl groups is 1. The van der Waals surface area contributed by atoms with Gasteiger partial charge in [-0.2, -0.15) is 0 Å². The molecule has 0 fully saturated rings. The highest BCUT2D eigenvalue weighted by atomic mass is 35.5. The average molecular weight is 284 g/mol. The number of phenols is 1. The topological polar surface area (TPSA) is 49.3 Å². The number of rotatable bonds is 8. The van der Waals surface area contributed by atoms with Gasteiger partial charge in [0.15, 0.2) is 0 Å². The van der Waals surface area contributed by atoms with Gasteiger partial charge < -0.3 is 10.4 Å². The number of carbonyl (C=O) groups is 1. The molecule has 0 atom stereocenters. The minimum Gasteiger partial charge on any atom is -0.507 e. The number of phenolic OH excluding ortho intramolecular Hbond substituents is 1. The Hall–Kier alpha value is -1.22. The summed E-state index contributed by atoms with van der Waals surface area (Å²) in [6, 6.07) is 4.47. The van der Waals surface area contributed by atoms with Gasteiger partial charge in [-0.05, 0) is 24.6 Å². The second-order valence-electron chi connectivity index (χ2n) is 4.69. The molecule has 2 N–H and O–H groups in total. The highest BCUT2D eigenvalue weighted by Crippen LogP contribution is 2.21. The Bertz CT molecular complexity index is 407. The molecule has 0 saturated heterocycles. The monoisotopic (exact) mass is 283 g/mol. The summed E-state index contributed by atoms with van der Waals surface area (Å²) in [6.45, 7) is 2.83. The van der Waals surface area contributed by atoms with Crippen LogP contribution in [0.25, 0.3) is 0 Å². The summed E-state index contributed by atoms with van der Waals surface area (Å²) in [5, 5.41) is 12.8. The molecule has 3 nitrogen and oxygen atoms in total. The van der Waals surface area contributed by atoms with Crippen LogP contribution in [0.5, 0.6) is 5.75 Å². The molecule has 0 saturated carbocycles. The molecule has 0 aliphatic rings. The van der Waals surface area contributed by atoms with Gasteiger partial charge in [-0.1, -0.05) is 50.6 Å². The van der Waals surface area contributed by atoms with Gasteiger partial charge in [-0.25, -0.2) is 0 Å². The zero-order valence-electron chi connectivity index (χ0n) is 11.4. The number of hydrogen-bond donors (Lipinski definition) is 2. The molecule has 0 aliphatic carbocycles. The summed E-state index contributed by atoms with van der Waals surface area (Å²) in [7, 11) is 0. The van der Waals surface area contributed by atoms with Gasteiger partial charge in [-0.15, -0.1) is 0 Å². The van der Waals surface area contributed by atoms with Crippen molar-refractivity contribution in [3.63, 3.8) is 0 Å². The molecule has 0 aliphatic heterocycles. The van der Waals surface area contributed by atoms with Crippen LogP contribution in [0.4, 0.5) is 0 Å². The molecule has 1 rings (SSSR count). The fourth-order valence-electron chi connectivity index (χ4n) is 1.89. The molecule has 1 aromatic rings. The van der Waals surface area contributed by atoms with Crippen LogP contribution in [-0.2, 0) is 0 Å². The Balaban J connectivity index is 2.26. The minimum absolute atomic E-state index is 0.0372. The highest BCUT2D eigenvalue weighted by molar-refractivity contribution is 6.31. The van der Waals surface area contributed by atoms with Crippen molar-refractivity contribution < 1.29 is 9.90 Å². The first-order valence-electron chi connectivity index (χ1n) is 6.92. The van der Waals surface area contributed by atoms with E-state index in [-0.39, 0.29) is 17.2 Å². The normalized spacial score (nSPS) is 10.4. The molecule has 106 valence electrons. The van der Waals surface area contributed by atoms with Crippen LogP contribution in [-0.4, -0.2) is 17.6 Å². The highest BCUT2D eigenvalue weighted by Gasteiger charge is 2.10. The van der Waals surface area contributed by atoms with E-state index in [4.69, 9.17) is 11.6 Å². The van der Waals surface area contributed by atoms with Gasteiger partial charge in [0, 0.05) is 11.6 Å². The predicted octanol–water partition coefficient (Wildman–Crippen LogP) is 4.14. The van der Waals surface area contributed by atoms with E-state index in [2.05, 4.69) is 12.2 Å². The number of carbonyl (C=O) groups excluding carboxylic acids is 1. The zero-order chi connectivity index (χ0) is 14.1. The molecule has 19 heavy (non-hydrogen) atoms. The molecule has 4 heteroatoms. The SMILES string of the molecule is CCCCCCCCNC(=O)c1cc(Cl)ccc1O. The first kappa shape index (κ1) is 15.8. The third kappa shape index (κ3) is 5.97. The van der Waals surface area contributed by atoms with Crippen LogP contribution in [0.1, 0.15) is 55.8 Å². The zero-order valence-corrected chi connectivity index (χ0v) is 12.2. The fraction of sp³-hybridized carbons (Fsp3) is 0.533. The van der Waals surface area contributed by atoms with E-state index in [0.717, 1.165) is 12.8 Å². The predicted molar refractivity (Wildman–Crippen MR) is 78.8 cm³/mol. The molecular formula is C15H22ClNO2. The van der Waals surface area contributed by atoms with E-state index >= 15 is 0 Å². The molecule has 1 amide bonds. The molecule has 0 unspecified atom stereocenters. The summed E-state index contributed by atoms with van der Waals surface area (Å²) in [5.41, 5.74) is 0.235. The molecule has 0 bridgehead atoms. The van der Waals surface area contributed by atoms with Gasteiger partial charge in [0.2, 0.25) is 0 Å². The van der Waals surface area contributed by atoms with E-state index in [1.54, 1.807) is 6.07 Å². The Labute approximate surface area is 120 Å². The molecule has 1 aromatic carbocycles. The number of hydrogen-bond acceptors (Lipinski definition) is 2. The van der Waals surface area contributed by atoms with Crippen LogP contribution in [0.15, 0.2) is 18.2 Å². The third-order valence-corrected chi connectivity index (χ3v) is 3.25. The lowest BCUT2D eigenvalue weighted by Gasteiger charge is -2.07. The molecule has 0 aromatic heterocycles. The third-order valence-electron chi connectivity index (χ3n) is 3.02. The maximum atomic E-state index is 11.8. The van der Waals surface area contributed by atoms with E-state index in [9.17, 15) is 9.90 Å². The van der Waals surface area contributed by atoms with Crippen molar-refractivity contribution in [2.75, 3.05) is 6.54 Å². The first-order chi connectivity index (χ1) is 9.15. The van der Waals surface area contributed by atoms with Crippen LogP contribution in [0.3, 0.4) is 0 Å². The summed E-state index contributed by atoms with van der Waals surface area (Å²) >= 11 is 5.80. The number of halogens is 1. The maximum absolute atomic E-state index is 11.8. The second kappa shape index (κ2) is 8.81. The van der Waals surface area contributed by atoms with Gasteiger partial charge in [0.25, 0.3) is 5.91 Å².